The van der Waals surface area contributed by atoms with Crippen molar-refractivity contribution in [3.8, 4) is 0 Å². The highest BCUT2D eigenvalue weighted by molar-refractivity contribution is 7.10. The van der Waals surface area contributed by atoms with Crippen LogP contribution in [0.2, 0.25) is 0 Å². The normalized spacial score (nSPS) is 12.7. The van der Waals surface area contributed by atoms with Crippen LogP contribution in [-0.4, -0.2) is 6.54 Å². The molecule has 96 valence electrons. The molecule has 0 fully saturated rings. The molecule has 2 rings (SSSR count). The Hall–Kier alpha value is -1.26. The Morgan fingerprint density at radius 3 is 2.28 bits per heavy atom. The van der Waals surface area contributed by atoms with Crippen molar-refractivity contribution in [1.29, 1.82) is 0 Å². The minimum absolute atomic E-state index is 0.162. The SMILES string of the molecule is CCNC(c1cc(F)cc(F)c1)c1csc(C)c1. The Balaban J connectivity index is 2.40. The summed E-state index contributed by atoms with van der Waals surface area (Å²) in [7, 11) is 0. The molecular weight excluding hydrogens is 252 g/mol. The number of aryl methyl sites for hydroxylation is 1. The smallest absolute Gasteiger partial charge is 0.126 e. The molecule has 1 heterocycles. The van der Waals surface area contributed by atoms with Crippen molar-refractivity contribution >= 4 is 11.3 Å². The third kappa shape index (κ3) is 2.94. The molecule has 2 aromatic rings. The van der Waals surface area contributed by atoms with Gasteiger partial charge < -0.3 is 5.32 Å². The monoisotopic (exact) mass is 267 g/mol. The minimum atomic E-state index is -0.542. The van der Waals surface area contributed by atoms with E-state index >= 15 is 0 Å². The van der Waals surface area contributed by atoms with E-state index in [0.29, 0.717) is 5.56 Å². The molecule has 0 saturated heterocycles. The second kappa shape index (κ2) is 5.59. The fourth-order valence-corrected chi connectivity index (χ4v) is 2.72. The Labute approximate surface area is 109 Å². The first-order valence-corrected chi connectivity index (χ1v) is 6.72. The number of nitrogens with one attached hydrogen (secondary N) is 1. The molecule has 0 amide bonds. The molecule has 1 N–H and O–H groups in total. The third-order valence-electron chi connectivity index (χ3n) is 2.71. The highest BCUT2D eigenvalue weighted by Crippen LogP contribution is 2.27. The van der Waals surface area contributed by atoms with Crippen LogP contribution in [0.5, 0.6) is 0 Å². The van der Waals surface area contributed by atoms with Crippen molar-refractivity contribution in [3.05, 3.63) is 57.3 Å². The van der Waals surface area contributed by atoms with Crippen LogP contribution in [-0.2, 0) is 0 Å². The lowest BCUT2D eigenvalue weighted by molar-refractivity contribution is 0.565. The van der Waals surface area contributed by atoms with Crippen LogP contribution in [0, 0.1) is 18.6 Å². The van der Waals surface area contributed by atoms with Crippen LogP contribution in [0.15, 0.2) is 29.6 Å². The van der Waals surface area contributed by atoms with Gasteiger partial charge in [-0.3, -0.25) is 0 Å². The van der Waals surface area contributed by atoms with Gasteiger partial charge in [-0.2, -0.15) is 0 Å². The molecule has 18 heavy (non-hydrogen) atoms. The van der Waals surface area contributed by atoms with Gasteiger partial charge in [-0.25, -0.2) is 8.78 Å². The van der Waals surface area contributed by atoms with Gasteiger partial charge in [0.25, 0.3) is 0 Å². The molecule has 0 radical (unpaired) electrons. The van der Waals surface area contributed by atoms with Gasteiger partial charge in [0.15, 0.2) is 0 Å². The van der Waals surface area contributed by atoms with Gasteiger partial charge in [0.05, 0.1) is 6.04 Å². The van der Waals surface area contributed by atoms with Gasteiger partial charge in [0.1, 0.15) is 11.6 Å². The van der Waals surface area contributed by atoms with Crippen LogP contribution >= 0.6 is 11.3 Å². The van der Waals surface area contributed by atoms with E-state index in [4.69, 9.17) is 0 Å². The second-order valence-electron chi connectivity index (χ2n) is 4.18. The summed E-state index contributed by atoms with van der Waals surface area (Å²) >= 11 is 1.63. The molecule has 0 aliphatic carbocycles. The average molecular weight is 267 g/mol. The van der Waals surface area contributed by atoms with Crippen LogP contribution in [0.3, 0.4) is 0 Å². The Morgan fingerprint density at radius 2 is 1.78 bits per heavy atom. The van der Waals surface area contributed by atoms with Crippen molar-refractivity contribution in [1.82, 2.24) is 5.32 Å². The first-order valence-electron chi connectivity index (χ1n) is 5.84. The van der Waals surface area contributed by atoms with Gasteiger partial charge in [-0.15, -0.1) is 11.3 Å². The van der Waals surface area contributed by atoms with Crippen molar-refractivity contribution < 1.29 is 8.78 Å². The molecule has 0 saturated carbocycles. The van der Waals surface area contributed by atoms with Crippen LogP contribution in [0.1, 0.15) is 29.0 Å². The lowest BCUT2D eigenvalue weighted by Crippen LogP contribution is -2.21. The van der Waals surface area contributed by atoms with E-state index in [0.717, 1.165) is 18.2 Å². The predicted molar refractivity (Wildman–Crippen MR) is 70.9 cm³/mol. The van der Waals surface area contributed by atoms with E-state index in [1.165, 1.54) is 17.0 Å². The summed E-state index contributed by atoms with van der Waals surface area (Å²) in [6.45, 7) is 4.73. The molecule has 0 aliphatic rings. The number of rotatable bonds is 4. The van der Waals surface area contributed by atoms with E-state index in [2.05, 4.69) is 5.32 Å². The van der Waals surface area contributed by atoms with Gasteiger partial charge in [0, 0.05) is 10.9 Å². The predicted octanol–water partition coefficient (Wildman–Crippen LogP) is 4.03. The van der Waals surface area contributed by atoms with Crippen molar-refractivity contribution in [2.24, 2.45) is 0 Å². The standard InChI is InChI=1S/C14H15F2NS/c1-3-17-14(11-4-9(2)18-8-11)10-5-12(15)7-13(16)6-10/h4-8,14,17H,3H2,1-2H3. The zero-order valence-electron chi connectivity index (χ0n) is 10.3. The third-order valence-corrected chi connectivity index (χ3v) is 3.59. The quantitative estimate of drug-likeness (QED) is 0.881. The average Bonchev–Trinajstić information content (AvgIpc) is 2.71. The number of thiophene rings is 1. The molecule has 1 aromatic carbocycles. The van der Waals surface area contributed by atoms with Crippen LogP contribution < -0.4 is 5.32 Å². The number of hydrogen-bond acceptors (Lipinski definition) is 2. The largest absolute Gasteiger partial charge is 0.307 e. The van der Waals surface area contributed by atoms with E-state index in [1.807, 2.05) is 25.3 Å². The molecular formula is C14H15F2NS. The maximum atomic E-state index is 13.3. The Bertz CT molecular complexity index is 516. The highest BCUT2D eigenvalue weighted by atomic mass is 32.1. The van der Waals surface area contributed by atoms with Gasteiger partial charge in [-0.05, 0) is 48.2 Å². The van der Waals surface area contributed by atoms with E-state index in [1.54, 1.807) is 11.3 Å². The summed E-state index contributed by atoms with van der Waals surface area (Å²) in [6, 6.07) is 5.53. The molecule has 0 bridgehead atoms. The molecule has 0 spiro atoms. The van der Waals surface area contributed by atoms with E-state index in [9.17, 15) is 8.78 Å². The van der Waals surface area contributed by atoms with Crippen molar-refractivity contribution in [3.63, 3.8) is 0 Å². The zero-order chi connectivity index (χ0) is 13.1. The Kier molecular flexibility index (Phi) is 4.09. The van der Waals surface area contributed by atoms with Gasteiger partial charge >= 0.3 is 0 Å². The summed E-state index contributed by atoms with van der Waals surface area (Å²) in [5.74, 6) is -1.08. The summed E-state index contributed by atoms with van der Waals surface area (Å²) in [5, 5.41) is 5.28. The van der Waals surface area contributed by atoms with E-state index < -0.39 is 11.6 Å². The first-order chi connectivity index (χ1) is 8.60. The lowest BCUT2D eigenvalue weighted by Gasteiger charge is -2.17. The van der Waals surface area contributed by atoms with Crippen molar-refractivity contribution in [2.75, 3.05) is 6.54 Å². The van der Waals surface area contributed by atoms with Gasteiger partial charge in [0.2, 0.25) is 0 Å². The fourth-order valence-electron chi connectivity index (χ4n) is 1.99. The van der Waals surface area contributed by atoms with Crippen LogP contribution in [0.4, 0.5) is 8.78 Å². The second-order valence-corrected chi connectivity index (χ2v) is 5.30. The summed E-state index contributed by atoms with van der Waals surface area (Å²) in [5.41, 5.74) is 1.66. The number of hydrogen-bond donors (Lipinski definition) is 1. The van der Waals surface area contributed by atoms with Gasteiger partial charge in [-0.1, -0.05) is 6.92 Å². The fraction of sp³-hybridized carbons (Fsp3) is 0.286. The van der Waals surface area contributed by atoms with Crippen molar-refractivity contribution in [2.45, 2.75) is 19.9 Å². The zero-order valence-corrected chi connectivity index (χ0v) is 11.2. The molecule has 4 heteroatoms. The minimum Gasteiger partial charge on any atom is -0.307 e. The first kappa shape index (κ1) is 13.2. The number of halogens is 2. The lowest BCUT2D eigenvalue weighted by atomic mass is 10.0. The molecule has 1 atom stereocenters. The molecule has 0 aliphatic heterocycles. The highest BCUT2D eigenvalue weighted by Gasteiger charge is 2.16. The maximum Gasteiger partial charge on any atom is 0.126 e. The summed E-state index contributed by atoms with van der Waals surface area (Å²) < 4.78 is 26.6. The topological polar surface area (TPSA) is 12.0 Å². The molecule has 1 nitrogen and oxygen atoms in total. The Morgan fingerprint density at radius 1 is 1.11 bits per heavy atom. The van der Waals surface area contributed by atoms with Crippen LogP contribution in [0.25, 0.3) is 0 Å². The van der Waals surface area contributed by atoms with E-state index in [-0.39, 0.29) is 6.04 Å². The molecule has 1 unspecified atom stereocenters. The number of benzene rings is 1. The summed E-state index contributed by atoms with van der Waals surface area (Å²) in [6.07, 6.45) is 0. The summed E-state index contributed by atoms with van der Waals surface area (Å²) in [4.78, 5) is 1.18. The molecule has 1 aromatic heterocycles. The maximum absolute atomic E-state index is 13.3.